The molecule has 1 aromatic rings. The fraction of sp³-hybridized carbons (Fsp3) is 0.533. The van der Waals surface area contributed by atoms with Crippen molar-refractivity contribution in [2.75, 3.05) is 13.1 Å². The molecule has 3 aliphatic rings. The number of hydrazone groups is 1. The number of likely N-dealkylation sites (tertiary alicyclic amines) is 1. The lowest BCUT2D eigenvalue weighted by Gasteiger charge is -2.38. The van der Waals surface area contributed by atoms with Crippen molar-refractivity contribution in [2.45, 2.75) is 37.5 Å². The van der Waals surface area contributed by atoms with Gasteiger partial charge in [-0.25, -0.2) is 5.53 Å². The predicted molar refractivity (Wildman–Crippen MR) is 82.3 cm³/mol. The summed E-state index contributed by atoms with van der Waals surface area (Å²) in [6.45, 7) is -0.872. The maximum Gasteiger partial charge on any atom is 0.329 e. The van der Waals surface area contributed by atoms with Gasteiger partial charge in [0, 0.05) is 25.2 Å². The summed E-state index contributed by atoms with van der Waals surface area (Å²) in [5.41, 5.74) is 6.10. The number of fused-ring (bicyclic) bond motifs is 2. The third kappa shape index (κ3) is 2.89. The van der Waals surface area contributed by atoms with Gasteiger partial charge in [0.05, 0.1) is 6.04 Å². The monoisotopic (exact) mass is 322 g/mol. The molecule has 0 aliphatic carbocycles. The molecular weight excluding hydrogens is 302 g/mol. The van der Waals surface area contributed by atoms with Crippen LogP contribution in [0.2, 0.25) is 0 Å². The Kier molecular flexibility index (Phi) is 3.88. The number of piperazine rings is 1. The van der Waals surface area contributed by atoms with Gasteiger partial charge >= 0.3 is 6.55 Å². The summed E-state index contributed by atoms with van der Waals surface area (Å²) in [5, 5.41) is 8.32. The second-order valence-corrected chi connectivity index (χ2v) is 6.26. The second kappa shape index (κ2) is 6.03. The number of halogens is 2. The van der Waals surface area contributed by atoms with Crippen LogP contribution in [-0.2, 0) is 0 Å². The van der Waals surface area contributed by atoms with Crippen molar-refractivity contribution in [3.05, 3.63) is 35.9 Å². The zero-order valence-corrected chi connectivity index (χ0v) is 12.6. The van der Waals surface area contributed by atoms with E-state index in [0.717, 1.165) is 18.7 Å². The van der Waals surface area contributed by atoms with E-state index in [-0.39, 0.29) is 6.04 Å². The van der Waals surface area contributed by atoms with E-state index in [9.17, 15) is 8.78 Å². The molecule has 0 amide bonds. The highest BCUT2D eigenvalue weighted by Crippen LogP contribution is 2.29. The Balaban J connectivity index is 1.60. The van der Waals surface area contributed by atoms with Crippen LogP contribution in [-0.4, -0.2) is 47.6 Å². The molecule has 3 atom stereocenters. The standard InChI is InChI=1S/C15H20F2N6/c16-15(17)23-20-14(19-21-23)13(10-4-2-1-3-5-10)22-8-11-6-7-12(9-22)18-11/h1-5,11-13,15,18,21H,6-9H2,(H,19,20). The number of rotatable bonds is 4. The molecule has 0 aromatic heterocycles. The summed E-state index contributed by atoms with van der Waals surface area (Å²) in [7, 11) is 0. The van der Waals surface area contributed by atoms with Crippen molar-refractivity contribution in [3.8, 4) is 0 Å². The summed E-state index contributed by atoms with van der Waals surface area (Å²) in [4.78, 5) is 2.33. The second-order valence-electron chi connectivity index (χ2n) is 6.26. The van der Waals surface area contributed by atoms with Gasteiger partial charge in [-0.2, -0.15) is 8.78 Å². The molecule has 4 rings (SSSR count). The number of benzene rings is 1. The Morgan fingerprint density at radius 2 is 1.78 bits per heavy atom. The van der Waals surface area contributed by atoms with Crippen LogP contribution < -0.4 is 16.3 Å². The minimum atomic E-state index is -2.66. The van der Waals surface area contributed by atoms with Crippen LogP contribution in [0.5, 0.6) is 0 Å². The lowest BCUT2D eigenvalue weighted by Crippen LogP contribution is -2.55. The fourth-order valence-corrected chi connectivity index (χ4v) is 3.71. The van der Waals surface area contributed by atoms with Crippen LogP contribution in [0, 0.1) is 0 Å². The van der Waals surface area contributed by atoms with Crippen molar-refractivity contribution in [3.63, 3.8) is 0 Å². The highest BCUT2D eigenvalue weighted by Gasteiger charge is 2.39. The van der Waals surface area contributed by atoms with Gasteiger partial charge in [-0.1, -0.05) is 35.4 Å². The Hall–Kier alpha value is -1.77. The first kappa shape index (κ1) is 14.8. The summed E-state index contributed by atoms with van der Waals surface area (Å²) in [6, 6.07) is 10.7. The van der Waals surface area contributed by atoms with E-state index in [2.05, 4.69) is 26.3 Å². The van der Waals surface area contributed by atoms with Gasteiger partial charge in [-0.3, -0.25) is 10.3 Å². The first-order chi connectivity index (χ1) is 11.2. The number of nitrogens with zero attached hydrogens (tertiary/aromatic N) is 3. The topological polar surface area (TPSA) is 54.9 Å². The maximum absolute atomic E-state index is 12.9. The van der Waals surface area contributed by atoms with Gasteiger partial charge < -0.3 is 5.32 Å². The SMILES string of the molecule is FC(F)N1NN=C(C(c2ccccc2)N2CC3CCC(C2)N3)N1. The fourth-order valence-electron chi connectivity index (χ4n) is 3.71. The summed E-state index contributed by atoms with van der Waals surface area (Å²) >= 11 is 0. The van der Waals surface area contributed by atoms with Gasteiger partial charge in [0.1, 0.15) is 0 Å². The van der Waals surface area contributed by atoms with Crippen molar-refractivity contribution in [1.82, 2.24) is 26.3 Å². The van der Waals surface area contributed by atoms with Crippen LogP contribution >= 0.6 is 0 Å². The molecule has 2 bridgehead atoms. The van der Waals surface area contributed by atoms with Gasteiger partial charge in [0.25, 0.3) is 0 Å². The summed E-state index contributed by atoms with van der Waals surface area (Å²) < 4.78 is 25.7. The molecule has 124 valence electrons. The van der Waals surface area contributed by atoms with E-state index < -0.39 is 6.55 Å². The Labute approximate surface area is 133 Å². The van der Waals surface area contributed by atoms with E-state index in [4.69, 9.17) is 0 Å². The number of hydrogen-bond acceptors (Lipinski definition) is 6. The number of nitrogens with one attached hydrogen (secondary N) is 3. The quantitative estimate of drug-likeness (QED) is 0.723. The smallest absolute Gasteiger partial charge is 0.309 e. The normalized spacial score (nSPS) is 29.3. The van der Waals surface area contributed by atoms with Gasteiger partial charge in [0.15, 0.2) is 5.84 Å². The predicted octanol–water partition coefficient (Wildman–Crippen LogP) is 1.02. The van der Waals surface area contributed by atoms with Crippen LogP contribution in [0.3, 0.4) is 0 Å². The van der Waals surface area contributed by atoms with E-state index >= 15 is 0 Å². The Morgan fingerprint density at radius 3 is 2.39 bits per heavy atom. The molecule has 0 radical (unpaired) electrons. The average molecular weight is 322 g/mol. The average Bonchev–Trinajstić information content (AvgIpc) is 3.16. The third-order valence-corrected chi connectivity index (χ3v) is 4.69. The molecule has 1 aromatic carbocycles. The van der Waals surface area contributed by atoms with Crippen LogP contribution in [0.4, 0.5) is 8.78 Å². The van der Waals surface area contributed by atoms with Crippen molar-refractivity contribution in [2.24, 2.45) is 5.10 Å². The lowest BCUT2D eigenvalue weighted by atomic mass is 10.0. The molecule has 3 N–H and O–H groups in total. The number of alkyl halides is 2. The van der Waals surface area contributed by atoms with Crippen LogP contribution in [0.1, 0.15) is 24.4 Å². The number of amidine groups is 1. The van der Waals surface area contributed by atoms with Gasteiger partial charge in [-0.05, 0) is 18.4 Å². The van der Waals surface area contributed by atoms with Crippen molar-refractivity contribution >= 4 is 5.84 Å². The van der Waals surface area contributed by atoms with E-state index in [1.807, 2.05) is 30.3 Å². The minimum Gasteiger partial charge on any atom is -0.309 e. The molecule has 3 aliphatic heterocycles. The molecule has 3 unspecified atom stereocenters. The maximum atomic E-state index is 12.9. The third-order valence-electron chi connectivity index (χ3n) is 4.69. The Morgan fingerprint density at radius 1 is 1.09 bits per heavy atom. The molecule has 8 heteroatoms. The van der Waals surface area contributed by atoms with Crippen LogP contribution in [0.15, 0.2) is 35.4 Å². The van der Waals surface area contributed by atoms with Crippen molar-refractivity contribution in [1.29, 1.82) is 0 Å². The summed E-state index contributed by atoms with van der Waals surface area (Å²) in [5.74, 6) is 0.512. The largest absolute Gasteiger partial charge is 0.329 e. The number of hydrazine groups is 2. The molecular formula is C15H20F2N6. The van der Waals surface area contributed by atoms with Crippen molar-refractivity contribution < 1.29 is 8.78 Å². The number of hydrogen-bond donors (Lipinski definition) is 3. The first-order valence-corrected chi connectivity index (χ1v) is 7.93. The first-order valence-electron chi connectivity index (χ1n) is 7.93. The van der Waals surface area contributed by atoms with Crippen LogP contribution in [0.25, 0.3) is 0 Å². The molecule has 2 saturated heterocycles. The zero-order valence-electron chi connectivity index (χ0n) is 12.6. The van der Waals surface area contributed by atoms with E-state index in [1.165, 1.54) is 12.8 Å². The molecule has 2 fully saturated rings. The molecule has 0 saturated carbocycles. The Bertz CT molecular complexity index is 569. The van der Waals surface area contributed by atoms with E-state index in [0.29, 0.717) is 23.0 Å². The lowest BCUT2D eigenvalue weighted by molar-refractivity contribution is -0.0715. The molecule has 23 heavy (non-hydrogen) atoms. The molecule has 0 spiro atoms. The van der Waals surface area contributed by atoms with Gasteiger partial charge in [-0.15, -0.1) is 5.10 Å². The minimum absolute atomic E-state index is 0.155. The highest BCUT2D eigenvalue weighted by atomic mass is 19.3. The molecule has 6 nitrogen and oxygen atoms in total. The van der Waals surface area contributed by atoms with Gasteiger partial charge in [0.2, 0.25) is 0 Å². The highest BCUT2D eigenvalue weighted by molar-refractivity contribution is 5.88. The van der Waals surface area contributed by atoms with E-state index in [1.54, 1.807) is 0 Å². The molecule has 3 heterocycles. The summed E-state index contributed by atoms with van der Waals surface area (Å²) in [6.07, 6.45) is 2.34. The zero-order chi connectivity index (χ0) is 15.8.